The highest BCUT2D eigenvalue weighted by Crippen LogP contribution is 2.45. The highest BCUT2D eigenvalue weighted by atomic mass is 16.7. The number of hydrogen-bond acceptors (Lipinski definition) is 2. The van der Waals surface area contributed by atoms with E-state index in [4.69, 9.17) is 9.31 Å². The van der Waals surface area contributed by atoms with Crippen LogP contribution in [-0.2, 0) is 9.31 Å². The van der Waals surface area contributed by atoms with Crippen LogP contribution in [0.1, 0.15) is 27.7 Å². The van der Waals surface area contributed by atoms with E-state index in [0.717, 1.165) is 5.46 Å². The van der Waals surface area contributed by atoms with Crippen molar-refractivity contribution in [2.24, 2.45) is 0 Å². The topological polar surface area (TPSA) is 23.4 Å². The van der Waals surface area contributed by atoms with Gasteiger partial charge in [-0.25, -0.2) is 0 Å². The predicted molar refractivity (Wildman–Crippen MR) is 160 cm³/mol. The van der Waals surface area contributed by atoms with Gasteiger partial charge in [0.15, 0.2) is 0 Å². The molecule has 0 radical (unpaired) electrons. The van der Waals surface area contributed by atoms with Crippen LogP contribution in [0.5, 0.6) is 0 Å². The highest BCUT2D eigenvalue weighted by Gasteiger charge is 2.52. The molecule has 1 aromatic heterocycles. The summed E-state index contributed by atoms with van der Waals surface area (Å²) in [7, 11) is -0.430. The van der Waals surface area contributed by atoms with Gasteiger partial charge in [-0.1, -0.05) is 72.8 Å². The van der Waals surface area contributed by atoms with Gasteiger partial charge in [-0.15, -0.1) is 0 Å². The van der Waals surface area contributed by atoms with Crippen molar-refractivity contribution in [3.63, 3.8) is 0 Å². The second-order valence-electron chi connectivity index (χ2n) is 11.6. The summed E-state index contributed by atoms with van der Waals surface area (Å²) < 4.78 is 15.6. The summed E-state index contributed by atoms with van der Waals surface area (Å²) in [6, 6.07) is 35.2. The normalized spacial score (nSPS) is 17.1. The molecule has 38 heavy (non-hydrogen) atoms. The zero-order valence-corrected chi connectivity index (χ0v) is 22.1. The second kappa shape index (κ2) is 7.38. The van der Waals surface area contributed by atoms with Crippen molar-refractivity contribution in [1.29, 1.82) is 0 Å². The van der Waals surface area contributed by atoms with Crippen molar-refractivity contribution >= 4 is 66.7 Å². The van der Waals surface area contributed by atoms with Crippen LogP contribution in [0.3, 0.4) is 0 Å². The quantitative estimate of drug-likeness (QED) is 0.180. The molecular weight excluding hydrogens is 465 g/mol. The zero-order chi connectivity index (χ0) is 25.8. The zero-order valence-electron chi connectivity index (χ0n) is 22.1. The summed E-state index contributed by atoms with van der Waals surface area (Å²) in [5.41, 5.74) is 3.93. The molecule has 184 valence electrons. The molecule has 0 bridgehead atoms. The average Bonchev–Trinajstić information content (AvgIpc) is 3.37. The largest absolute Gasteiger partial charge is 0.495 e. The molecule has 1 saturated heterocycles. The molecule has 6 aromatic carbocycles. The Hall–Kier alpha value is -3.86. The number of nitrogens with zero attached hydrogens (tertiary/aromatic N) is 1. The van der Waals surface area contributed by atoms with Crippen LogP contribution in [-0.4, -0.2) is 22.9 Å². The lowest BCUT2D eigenvalue weighted by Gasteiger charge is -2.32. The number of aromatic nitrogens is 1. The van der Waals surface area contributed by atoms with E-state index >= 15 is 0 Å². The monoisotopic (exact) mass is 493 g/mol. The number of benzene rings is 6. The molecule has 1 aliphatic heterocycles. The number of para-hydroxylation sites is 1. The molecule has 0 unspecified atom stereocenters. The van der Waals surface area contributed by atoms with Crippen molar-refractivity contribution in [1.82, 2.24) is 4.57 Å². The maximum Gasteiger partial charge on any atom is 0.495 e. The Morgan fingerprint density at radius 1 is 0.526 bits per heavy atom. The summed E-state index contributed by atoms with van der Waals surface area (Å²) in [6.45, 7) is 8.47. The summed E-state index contributed by atoms with van der Waals surface area (Å²) in [5, 5.41) is 10.1. The van der Waals surface area contributed by atoms with Gasteiger partial charge >= 0.3 is 7.12 Å². The Kier molecular flexibility index (Phi) is 4.30. The minimum absolute atomic E-state index is 0.402. The van der Waals surface area contributed by atoms with E-state index in [1.54, 1.807) is 0 Å². The van der Waals surface area contributed by atoms with Crippen molar-refractivity contribution in [3.8, 4) is 5.69 Å². The van der Waals surface area contributed by atoms with E-state index in [-0.39, 0.29) is 0 Å². The van der Waals surface area contributed by atoms with Crippen LogP contribution >= 0.6 is 0 Å². The lowest BCUT2D eigenvalue weighted by Crippen LogP contribution is -2.41. The highest BCUT2D eigenvalue weighted by molar-refractivity contribution is 6.66. The maximum atomic E-state index is 6.59. The standard InChI is InChI=1S/C34H28BNO2/c1-33(2)34(3,4)38-35(37-33)27-20-26-24-16-10-18-28-31(24)32-25(30(26)23-15-9-8-14-22(23)27)17-11-19-29(32)36(28)21-12-6-5-7-13-21/h5-20H,1-4H3. The third-order valence-corrected chi connectivity index (χ3v) is 8.97. The van der Waals surface area contributed by atoms with Gasteiger partial charge in [0.1, 0.15) is 0 Å². The predicted octanol–water partition coefficient (Wildman–Crippen LogP) is 7.98. The van der Waals surface area contributed by atoms with E-state index in [1.165, 1.54) is 59.8 Å². The fourth-order valence-electron chi connectivity index (χ4n) is 6.47. The van der Waals surface area contributed by atoms with Crippen LogP contribution in [0.15, 0.2) is 97.1 Å². The van der Waals surface area contributed by atoms with Gasteiger partial charge < -0.3 is 13.9 Å². The van der Waals surface area contributed by atoms with Gasteiger partial charge in [-0.05, 0) is 89.7 Å². The van der Waals surface area contributed by atoms with Crippen LogP contribution in [0.2, 0.25) is 0 Å². The number of hydrogen-bond donors (Lipinski definition) is 0. The maximum absolute atomic E-state index is 6.59. The SMILES string of the molecule is CC1(C)OB(c2cc3c4cccc5c4c4c(cccc4n5-c4ccccc4)c3c3ccccc23)OC1(C)C. The number of rotatable bonds is 2. The Bertz CT molecular complexity index is 2020. The Balaban J connectivity index is 1.56. The molecule has 2 heterocycles. The Morgan fingerprint density at radius 3 is 1.74 bits per heavy atom. The van der Waals surface area contributed by atoms with Crippen molar-refractivity contribution in [2.45, 2.75) is 38.9 Å². The summed E-state index contributed by atoms with van der Waals surface area (Å²) >= 11 is 0. The molecule has 1 aliphatic rings. The second-order valence-corrected chi connectivity index (χ2v) is 11.6. The van der Waals surface area contributed by atoms with Crippen LogP contribution in [0.4, 0.5) is 0 Å². The van der Waals surface area contributed by atoms with Gasteiger partial charge in [0.2, 0.25) is 0 Å². The summed E-state index contributed by atoms with van der Waals surface area (Å²) in [4.78, 5) is 0. The Labute approximate surface area is 222 Å². The van der Waals surface area contributed by atoms with Gasteiger partial charge in [0.25, 0.3) is 0 Å². The van der Waals surface area contributed by atoms with Crippen molar-refractivity contribution < 1.29 is 9.31 Å². The van der Waals surface area contributed by atoms with Crippen LogP contribution in [0, 0.1) is 0 Å². The lowest BCUT2D eigenvalue weighted by atomic mass is 9.74. The third-order valence-electron chi connectivity index (χ3n) is 8.97. The molecule has 0 aliphatic carbocycles. The van der Waals surface area contributed by atoms with E-state index in [1.807, 2.05) is 0 Å². The lowest BCUT2D eigenvalue weighted by molar-refractivity contribution is 0.00578. The van der Waals surface area contributed by atoms with E-state index < -0.39 is 18.3 Å². The van der Waals surface area contributed by atoms with Crippen molar-refractivity contribution in [2.75, 3.05) is 0 Å². The Morgan fingerprint density at radius 2 is 1.05 bits per heavy atom. The van der Waals surface area contributed by atoms with Crippen LogP contribution < -0.4 is 5.46 Å². The molecule has 7 aromatic rings. The van der Waals surface area contributed by atoms with Gasteiger partial charge in [-0.3, -0.25) is 0 Å². The first-order valence-electron chi connectivity index (χ1n) is 13.4. The minimum atomic E-state index is -0.430. The fourth-order valence-corrected chi connectivity index (χ4v) is 6.47. The molecule has 0 amide bonds. The van der Waals surface area contributed by atoms with Crippen LogP contribution in [0.25, 0.3) is 59.8 Å². The van der Waals surface area contributed by atoms with Gasteiger partial charge in [-0.2, -0.15) is 0 Å². The molecular formula is C34H28BNO2. The molecule has 8 rings (SSSR count). The molecule has 3 nitrogen and oxygen atoms in total. The van der Waals surface area contributed by atoms with Gasteiger partial charge in [0.05, 0.1) is 22.2 Å². The molecule has 0 saturated carbocycles. The molecule has 1 fully saturated rings. The van der Waals surface area contributed by atoms with E-state index in [9.17, 15) is 0 Å². The molecule has 0 atom stereocenters. The fraction of sp³-hybridized carbons (Fsp3) is 0.176. The first kappa shape index (κ1) is 22.2. The average molecular weight is 493 g/mol. The van der Waals surface area contributed by atoms with Gasteiger partial charge in [0, 0.05) is 16.5 Å². The molecule has 0 spiro atoms. The first-order valence-corrected chi connectivity index (χ1v) is 13.4. The smallest absolute Gasteiger partial charge is 0.399 e. The molecule has 0 N–H and O–H groups in total. The van der Waals surface area contributed by atoms with E-state index in [2.05, 4.69) is 129 Å². The van der Waals surface area contributed by atoms with Crippen molar-refractivity contribution in [3.05, 3.63) is 97.1 Å². The molecule has 4 heteroatoms. The summed E-state index contributed by atoms with van der Waals surface area (Å²) in [5.74, 6) is 0. The van der Waals surface area contributed by atoms with E-state index in [0.29, 0.717) is 0 Å². The third kappa shape index (κ3) is 2.77. The minimum Gasteiger partial charge on any atom is -0.399 e. The first-order chi connectivity index (χ1) is 18.4. The number of fused-ring (bicyclic) bond motifs is 5. The summed E-state index contributed by atoms with van der Waals surface area (Å²) in [6.07, 6.45) is 0.